The van der Waals surface area contributed by atoms with Crippen LogP contribution in [0.15, 0.2) is 18.2 Å². The zero-order valence-electron chi connectivity index (χ0n) is 12.5. The zero-order valence-corrected chi connectivity index (χ0v) is 12.5. The monoisotopic (exact) mass is 321 g/mol. The highest BCUT2D eigenvalue weighted by molar-refractivity contribution is 6.07. The summed E-state index contributed by atoms with van der Waals surface area (Å²) in [7, 11) is 1.35. The van der Waals surface area contributed by atoms with Crippen molar-refractivity contribution in [2.45, 2.75) is 18.4 Å². The molecule has 4 amide bonds. The molecule has 3 rings (SSSR count). The van der Waals surface area contributed by atoms with Gasteiger partial charge in [0.1, 0.15) is 5.54 Å². The molecule has 2 saturated heterocycles. The smallest absolute Gasteiger partial charge is 0.322 e. The van der Waals surface area contributed by atoms with E-state index in [1.54, 1.807) is 4.90 Å². The van der Waals surface area contributed by atoms with Crippen LogP contribution in [0.3, 0.4) is 0 Å². The van der Waals surface area contributed by atoms with E-state index in [4.69, 9.17) is 4.74 Å². The van der Waals surface area contributed by atoms with Crippen LogP contribution in [0.4, 0.5) is 9.18 Å². The van der Waals surface area contributed by atoms with Crippen molar-refractivity contribution in [2.24, 2.45) is 0 Å². The van der Waals surface area contributed by atoms with Gasteiger partial charge in [0.15, 0.2) is 11.6 Å². The summed E-state index contributed by atoms with van der Waals surface area (Å²) < 4.78 is 18.5. The van der Waals surface area contributed by atoms with E-state index in [1.165, 1.54) is 19.2 Å². The van der Waals surface area contributed by atoms with Crippen LogP contribution in [-0.4, -0.2) is 48.5 Å². The topological polar surface area (TPSA) is 87.7 Å². The molecule has 122 valence electrons. The zero-order chi connectivity index (χ0) is 16.6. The summed E-state index contributed by atoms with van der Waals surface area (Å²) >= 11 is 0. The van der Waals surface area contributed by atoms with Crippen LogP contribution in [0, 0.1) is 5.82 Å². The highest BCUT2D eigenvalue weighted by Crippen LogP contribution is 2.27. The Kier molecular flexibility index (Phi) is 3.67. The van der Waals surface area contributed by atoms with E-state index in [0.717, 1.165) is 6.07 Å². The van der Waals surface area contributed by atoms with Crippen LogP contribution in [0.5, 0.6) is 5.75 Å². The lowest BCUT2D eigenvalue weighted by atomic mass is 9.87. The number of piperidine rings is 1. The molecule has 2 aliphatic heterocycles. The van der Waals surface area contributed by atoms with Crippen molar-refractivity contribution in [2.75, 3.05) is 20.2 Å². The van der Waals surface area contributed by atoms with Gasteiger partial charge in [-0.3, -0.25) is 14.9 Å². The van der Waals surface area contributed by atoms with Crippen molar-refractivity contribution in [3.05, 3.63) is 29.6 Å². The maximum atomic E-state index is 13.7. The van der Waals surface area contributed by atoms with Crippen LogP contribution in [0.1, 0.15) is 23.2 Å². The van der Waals surface area contributed by atoms with E-state index in [9.17, 15) is 18.8 Å². The molecule has 23 heavy (non-hydrogen) atoms. The number of carbonyl (C=O) groups excluding carboxylic acids is 3. The van der Waals surface area contributed by atoms with Crippen LogP contribution >= 0.6 is 0 Å². The van der Waals surface area contributed by atoms with Gasteiger partial charge in [-0.25, -0.2) is 9.18 Å². The Bertz CT molecular complexity index is 683. The van der Waals surface area contributed by atoms with E-state index >= 15 is 0 Å². The first-order chi connectivity index (χ1) is 10.9. The minimum Gasteiger partial charge on any atom is -0.494 e. The number of carbonyl (C=O) groups is 3. The summed E-state index contributed by atoms with van der Waals surface area (Å²) in [6.07, 6.45) is 0.657. The number of imide groups is 1. The molecule has 1 aromatic carbocycles. The molecular formula is C15H16FN3O4. The average Bonchev–Trinajstić information content (AvgIpc) is 2.81. The lowest BCUT2D eigenvalue weighted by Gasteiger charge is -2.37. The predicted octanol–water partition coefficient (Wildman–Crippen LogP) is 0.649. The molecule has 0 aliphatic carbocycles. The van der Waals surface area contributed by atoms with Gasteiger partial charge in [-0.1, -0.05) is 0 Å². The molecule has 0 unspecified atom stereocenters. The summed E-state index contributed by atoms with van der Waals surface area (Å²) in [5.41, 5.74) is -0.710. The molecular weight excluding hydrogens is 305 g/mol. The maximum Gasteiger partial charge on any atom is 0.322 e. The SMILES string of the molecule is COc1ccc(C(=O)N2CCC3(CC2)NC(=O)NC3=O)cc1F. The van der Waals surface area contributed by atoms with Crippen molar-refractivity contribution in [3.63, 3.8) is 0 Å². The highest BCUT2D eigenvalue weighted by atomic mass is 19.1. The number of amides is 4. The summed E-state index contributed by atoms with van der Waals surface area (Å²) in [5.74, 6) is -1.20. The molecule has 1 spiro atoms. The molecule has 2 heterocycles. The van der Waals surface area contributed by atoms with Crippen LogP contribution in [0.25, 0.3) is 0 Å². The maximum absolute atomic E-state index is 13.7. The Morgan fingerprint density at radius 1 is 1.30 bits per heavy atom. The lowest BCUT2D eigenvalue weighted by Crippen LogP contribution is -2.55. The molecule has 8 heteroatoms. The summed E-state index contributed by atoms with van der Waals surface area (Å²) in [4.78, 5) is 37.1. The second-order valence-electron chi connectivity index (χ2n) is 5.63. The van der Waals surface area contributed by atoms with Crippen LogP contribution in [0.2, 0.25) is 0 Å². The van der Waals surface area contributed by atoms with E-state index in [2.05, 4.69) is 10.6 Å². The first-order valence-electron chi connectivity index (χ1n) is 7.21. The van der Waals surface area contributed by atoms with Gasteiger partial charge < -0.3 is 15.0 Å². The lowest BCUT2D eigenvalue weighted by molar-refractivity contribution is -0.125. The fraction of sp³-hybridized carbons (Fsp3) is 0.400. The van der Waals surface area contributed by atoms with Gasteiger partial charge >= 0.3 is 6.03 Å². The molecule has 2 fully saturated rings. The third-order valence-electron chi connectivity index (χ3n) is 4.32. The number of methoxy groups -OCH3 is 1. The fourth-order valence-electron chi connectivity index (χ4n) is 2.95. The van der Waals surface area contributed by atoms with E-state index in [-0.39, 0.29) is 23.1 Å². The Morgan fingerprint density at radius 3 is 2.52 bits per heavy atom. The van der Waals surface area contributed by atoms with Gasteiger partial charge in [-0.05, 0) is 31.0 Å². The molecule has 0 saturated carbocycles. The number of urea groups is 1. The Morgan fingerprint density at radius 2 is 2.00 bits per heavy atom. The average molecular weight is 321 g/mol. The van der Waals surface area contributed by atoms with Gasteiger partial charge in [0.25, 0.3) is 11.8 Å². The molecule has 1 aromatic rings. The molecule has 2 N–H and O–H groups in total. The first kappa shape index (κ1) is 15.3. The number of ether oxygens (including phenoxy) is 1. The normalized spacial score (nSPS) is 19.5. The second-order valence-corrected chi connectivity index (χ2v) is 5.63. The van der Waals surface area contributed by atoms with Crippen LogP contribution in [-0.2, 0) is 4.79 Å². The van der Waals surface area contributed by atoms with Gasteiger partial charge in [0.2, 0.25) is 0 Å². The van der Waals surface area contributed by atoms with Crippen molar-refractivity contribution in [3.8, 4) is 5.75 Å². The Balaban J connectivity index is 1.70. The summed E-state index contributed by atoms with van der Waals surface area (Å²) in [6, 6.07) is 3.53. The summed E-state index contributed by atoms with van der Waals surface area (Å²) in [6.45, 7) is 0.611. The van der Waals surface area contributed by atoms with Crippen molar-refractivity contribution < 1.29 is 23.5 Å². The second kappa shape index (κ2) is 5.53. The van der Waals surface area contributed by atoms with E-state index in [1.807, 2.05) is 0 Å². The van der Waals surface area contributed by atoms with Gasteiger partial charge in [0, 0.05) is 18.7 Å². The molecule has 0 atom stereocenters. The van der Waals surface area contributed by atoms with Gasteiger partial charge in [-0.2, -0.15) is 0 Å². The number of likely N-dealkylation sites (tertiary alicyclic amines) is 1. The fourth-order valence-corrected chi connectivity index (χ4v) is 2.95. The Hall–Kier alpha value is -2.64. The minimum absolute atomic E-state index is 0.0736. The first-order valence-corrected chi connectivity index (χ1v) is 7.21. The van der Waals surface area contributed by atoms with E-state index in [0.29, 0.717) is 25.9 Å². The third-order valence-corrected chi connectivity index (χ3v) is 4.32. The number of rotatable bonds is 2. The van der Waals surface area contributed by atoms with Crippen molar-refractivity contribution in [1.29, 1.82) is 0 Å². The molecule has 0 aromatic heterocycles. The standard InChI is InChI=1S/C15H16FN3O4/c1-23-11-3-2-9(8-10(11)16)12(20)19-6-4-15(5-7-19)13(21)17-14(22)18-15/h2-3,8H,4-7H2,1H3,(H2,17,18,21,22). The predicted molar refractivity (Wildman–Crippen MR) is 77.5 cm³/mol. The number of hydrogen-bond donors (Lipinski definition) is 2. The van der Waals surface area contributed by atoms with Gasteiger partial charge in [-0.15, -0.1) is 0 Å². The molecule has 0 radical (unpaired) electrons. The minimum atomic E-state index is -0.932. The third kappa shape index (κ3) is 2.60. The quantitative estimate of drug-likeness (QED) is 0.783. The van der Waals surface area contributed by atoms with Crippen molar-refractivity contribution >= 4 is 17.8 Å². The van der Waals surface area contributed by atoms with Gasteiger partial charge in [0.05, 0.1) is 7.11 Å². The number of hydrogen-bond acceptors (Lipinski definition) is 4. The van der Waals surface area contributed by atoms with Crippen molar-refractivity contribution in [1.82, 2.24) is 15.5 Å². The largest absolute Gasteiger partial charge is 0.494 e. The van der Waals surface area contributed by atoms with E-state index < -0.39 is 17.4 Å². The number of halogens is 1. The highest BCUT2D eigenvalue weighted by Gasteiger charge is 2.48. The van der Waals surface area contributed by atoms with Crippen LogP contribution < -0.4 is 15.4 Å². The Labute approximate surface area is 131 Å². The number of nitrogens with one attached hydrogen (secondary N) is 2. The molecule has 0 bridgehead atoms. The summed E-state index contributed by atoms with van der Waals surface area (Å²) in [5, 5.41) is 4.85. The molecule has 7 nitrogen and oxygen atoms in total. The number of benzene rings is 1. The molecule has 2 aliphatic rings. The number of nitrogens with zero attached hydrogens (tertiary/aromatic N) is 1.